The Kier molecular flexibility index (Phi) is 7.06. The Morgan fingerprint density at radius 1 is 1.27 bits per heavy atom. The molecule has 11 heavy (non-hydrogen) atoms. The van der Waals surface area contributed by atoms with Gasteiger partial charge in [0, 0.05) is 13.2 Å². The van der Waals surface area contributed by atoms with Gasteiger partial charge in [-0.3, -0.25) is 0 Å². The summed E-state index contributed by atoms with van der Waals surface area (Å²) in [4.78, 5) is 0. The second-order valence-corrected chi connectivity index (χ2v) is 2.69. The van der Waals surface area contributed by atoms with Crippen molar-refractivity contribution in [2.45, 2.75) is 25.4 Å². The molecule has 0 amide bonds. The molecule has 1 N–H and O–H groups in total. The molecular weight excluding hydrogens is 164 g/mol. The molecule has 3 nitrogen and oxygen atoms in total. The molecule has 0 rings (SSSR count). The van der Waals surface area contributed by atoms with E-state index in [0.29, 0.717) is 13.2 Å². The molecule has 0 radical (unpaired) electrons. The van der Waals surface area contributed by atoms with E-state index >= 15 is 0 Å². The first kappa shape index (κ1) is 11.2. The van der Waals surface area contributed by atoms with Gasteiger partial charge in [-0.2, -0.15) is 12.6 Å². The fraction of sp³-hybridized carbons (Fsp3) is 1.00. The summed E-state index contributed by atoms with van der Waals surface area (Å²) in [5.41, 5.74) is 0. The van der Waals surface area contributed by atoms with E-state index in [4.69, 9.17) is 14.6 Å². The van der Waals surface area contributed by atoms with Crippen LogP contribution in [0.1, 0.15) is 13.8 Å². The highest BCUT2D eigenvalue weighted by atomic mass is 32.1. The molecule has 0 aromatic carbocycles. The highest BCUT2D eigenvalue weighted by Crippen LogP contribution is 2.07. The van der Waals surface area contributed by atoms with E-state index in [9.17, 15) is 0 Å². The molecule has 1 atom stereocenters. The minimum atomic E-state index is -0.390. The zero-order chi connectivity index (χ0) is 8.69. The summed E-state index contributed by atoms with van der Waals surface area (Å²) >= 11 is 4.09. The molecule has 0 saturated carbocycles. The van der Waals surface area contributed by atoms with Crippen LogP contribution in [0.2, 0.25) is 0 Å². The number of hydrogen-bond donors (Lipinski definition) is 2. The van der Waals surface area contributed by atoms with Crippen LogP contribution in [-0.4, -0.2) is 36.5 Å². The molecular formula is C7H16O3S. The zero-order valence-corrected chi connectivity index (χ0v) is 7.88. The largest absolute Gasteiger partial charge is 0.395 e. The minimum absolute atomic E-state index is 0.0340. The zero-order valence-electron chi connectivity index (χ0n) is 6.99. The Morgan fingerprint density at radius 2 is 1.73 bits per heavy atom. The SMILES string of the molecule is CCOC(OCC)C(S)CO. The second-order valence-electron chi connectivity index (χ2n) is 2.03. The van der Waals surface area contributed by atoms with E-state index in [2.05, 4.69) is 12.6 Å². The van der Waals surface area contributed by atoms with Gasteiger partial charge in [0.15, 0.2) is 6.29 Å². The van der Waals surface area contributed by atoms with Gasteiger partial charge in [0.2, 0.25) is 0 Å². The van der Waals surface area contributed by atoms with Crippen molar-refractivity contribution in [2.24, 2.45) is 0 Å². The van der Waals surface area contributed by atoms with Gasteiger partial charge < -0.3 is 14.6 Å². The number of thiol groups is 1. The van der Waals surface area contributed by atoms with Crippen molar-refractivity contribution < 1.29 is 14.6 Å². The van der Waals surface area contributed by atoms with Crippen molar-refractivity contribution in [3.63, 3.8) is 0 Å². The predicted molar refractivity (Wildman–Crippen MR) is 46.9 cm³/mol. The normalized spacial score (nSPS) is 13.9. The van der Waals surface area contributed by atoms with Gasteiger partial charge in [-0.1, -0.05) is 0 Å². The van der Waals surface area contributed by atoms with Crippen LogP contribution in [0.15, 0.2) is 0 Å². The number of aliphatic hydroxyl groups is 1. The molecule has 0 aliphatic rings. The second kappa shape index (κ2) is 6.91. The van der Waals surface area contributed by atoms with Crippen molar-refractivity contribution in [3.8, 4) is 0 Å². The number of aliphatic hydroxyl groups excluding tert-OH is 1. The van der Waals surface area contributed by atoms with E-state index in [0.717, 1.165) is 0 Å². The van der Waals surface area contributed by atoms with E-state index in [1.54, 1.807) is 0 Å². The molecule has 0 fully saturated rings. The molecule has 0 saturated heterocycles. The van der Waals surface area contributed by atoms with Gasteiger partial charge in [0.05, 0.1) is 11.9 Å². The number of rotatable bonds is 6. The van der Waals surface area contributed by atoms with E-state index < -0.39 is 6.29 Å². The van der Waals surface area contributed by atoms with Gasteiger partial charge in [0.25, 0.3) is 0 Å². The predicted octanol–water partition coefficient (Wildman–Crippen LogP) is 0.676. The minimum Gasteiger partial charge on any atom is -0.395 e. The standard InChI is InChI=1S/C7H16O3S/c1-3-9-7(10-4-2)6(11)5-8/h6-8,11H,3-5H2,1-2H3. The fourth-order valence-corrected chi connectivity index (χ4v) is 0.857. The Balaban J connectivity index is 3.66. The average Bonchev–Trinajstić information content (AvgIpc) is 2.03. The molecule has 0 aliphatic carbocycles. The van der Waals surface area contributed by atoms with Crippen molar-refractivity contribution in [1.29, 1.82) is 0 Å². The highest BCUT2D eigenvalue weighted by molar-refractivity contribution is 7.81. The summed E-state index contributed by atoms with van der Waals surface area (Å²) in [5.74, 6) is 0. The lowest BCUT2D eigenvalue weighted by Crippen LogP contribution is -2.30. The topological polar surface area (TPSA) is 38.7 Å². The van der Waals surface area contributed by atoms with Gasteiger partial charge in [0.1, 0.15) is 0 Å². The lowest BCUT2D eigenvalue weighted by atomic mass is 10.4. The number of hydrogen-bond acceptors (Lipinski definition) is 4. The third-order valence-electron chi connectivity index (χ3n) is 1.16. The monoisotopic (exact) mass is 180 g/mol. The summed E-state index contributed by atoms with van der Waals surface area (Å²) < 4.78 is 10.4. The molecule has 68 valence electrons. The van der Waals surface area contributed by atoms with Crippen LogP contribution >= 0.6 is 12.6 Å². The Labute approximate surface area is 73.1 Å². The lowest BCUT2D eigenvalue weighted by Gasteiger charge is -2.20. The van der Waals surface area contributed by atoms with Gasteiger partial charge in [-0.15, -0.1) is 0 Å². The molecule has 4 heteroatoms. The summed E-state index contributed by atoms with van der Waals surface area (Å²) in [6.07, 6.45) is -0.390. The summed E-state index contributed by atoms with van der Waals surface area (Å²) in [7, 11) is 0. The van der Waals surface area contributed by atoms with E-state index in [1.807, 2.05) is 13.8 Å². The Bertz CT molecular complexity index is 83.8. The van der Waals surface area contributed by atoms with Crippen LogP contribution in [0, 0.1) is 0 Å². The quantitative estimate of drug-likeness (QED) is 0.466. The van der Waals surface area contributed by atoms with Gasteiger partial charge >= 0.3 is 0 Å². The maximum absolute atomic E-state index is 8.72. The third-order valence-corrected chi connectivity index (χ3v) is 1.57. The summed E-state index contributed by atoms with van der Waals surface area (Å²) in [5, 5.41) is 8.47. The molecule has 0 bridgehead atoms. The summed E-state index contributed by atoms with van der Waals surface area (Å²) in [6.45, 7) is 4.87. The molecule has 0 aromatic heterocycles. The number of ether oxygens (including phenoxy) is 2. The first-order chi connectivity index (χ1) is 5.26. The Morgan fingerprint density at radius 3 is 2.00 bits per heavy atom. The third kappa shape index (κ3) is 4.63. The molecule has 1 unspecified atom stereocenters. The van der Waals surface area contributed by atoms with Gasteiger partial charge in [-0.05, 0) is 13.8 Å². The first-order valence-corrected chi connectivity index (χ1v) is 4.30. The van der Waals surface area contributed by atoms with Crippen molar-refractivity contribution in [1.82, 2.24) is 0 Å². The maximum atomic E-state index is 8.72. The maximum Gasteiger partial charge on any atom is 0.171 e. The average molecular weight is 180 g/mol. The van der Waals surface area contributed by atoms with Crippen LogP contribution in [0.25, 0.3) is 0 Å². The fourth-order valence-electron chi connectivity index (χ4n) is 0.685. The van der Waals surface area contributed by atoms with Crippen LogP contribution in [0.3, 0.4) is 0 Å². The van der Waals surface area contributed by atoms with E-state index in [-0.39, 0.29) is 11.9 Å². The van der Waals surface area contributed by atoms with Crippen LogP contribution in [-0.2, 0) is 9.47 Å². The van der Waals surface area contributed by atoms with Crippen LogP contribution < -0.4 is 0 Å². The first-order valence-electron chi connectivity index (χ1n) is 3.78. The highest BCUT2D eigenvalue weighted by Gasteiger charge is 2.16. The van der Waals surface area contributed by atoms with Crippen LogP contribution in [0.4, 0.5) is 0 Å². The van der Waals surface area contributed by atoms with E-state index in [1.165, 1.54) is 0 Å². The van der Waals surface area contributed by atoms with Crippen LogP contribution in [0.5, 0.6) is 0 Å². The summed E-state index contributed by atoms with van der Waals surface area (Å²) in [6, 6.07) is 0. The van der Waals surface area contributed by atoms with Crippen molar-refractivity contribution in [3.05, 3.63) is 0 Å². The van der Waals surface area contributed by atoms with Crippen molar-refractivity contribution >= 4 is 12.6 Å². The molecule has 0 heterocycles. The van der Waals surface area contributed by atoms with Crippen molar-refractivity contribution in [2.75, 3.05) is 19.8 Å². The molecule has 0 spiro atoms. The Hall–Kier alpha value is 0.230. The van der Waals surface area contributed by atoms with Gasteiger partial charge in [-0.25, -0.2) is 0 Å². The lowest BCUT2D eigenvalue weighted by molar-refractivity contribution is -0.139. The smallest absolute Gasteiger partial charge is 0.171 e. The molecule has 0 aliphatic heterocycles. The molecule has 0 aromatic rings.